The fourth-order valence-corrected chi connectivity index (χ4v) is 1.15. The molecule has 5 nitrogen and oxygen atoms in total. The second kappa shape index (κ2) is 5.75. The molecule has 0 fully saturated rings. The zero-order valence-electron chi connectivity index (χ0n) is 9.33. The highest BCUT2D eigenvalue weighted by Crippen LogP contribution is 2.08. The summed E-state index contributed by atoms with van der Waals surface area (Å²) in [5, 5.41) is 7.48. The SMILES string of the molecule is CNC(=O)CNC(=O)Nc1cccc(C)c1. The molecule has 16 heavy (non-hydrogen) atoms. The van der Waals surface area contributed by atoms with Crippen molar-refractivity contribution >= 4 is 17.6 Å². The number of hydrogen-bond acceptors (Lipinski definition) is 2. The molecule has 86 valence electrons. The van der Waals surface area contributed by atoms with Gasteiger partial charge in [-0.1, -0.05) is 12.1 Å². The van der Waals surface area contributed by atoms with Crippen LogP contribution >= 0.6 is 0 Å². The van der Waals surface area contributed by atoms with Crippen molar-refractivity contribution in [2.24, 2.45) is 0 Å². The molecular weight excluding hydrogens is 206 g/mol. The van der Waals surface area contributed by atoms with Crippen LogP contribution in [0.15, 0.2) is 24.3 Å². The molecule has 0 radical (unpaired) electrons. The van der Waals surface area contributed by atoms with Crippen LogP contribution in [0.4, 0.5) is 10.5 Å². The zero-order chi connectivity index (χ0) is 12.0. The predicted molar refractivity (Wildman–Crippen MR) is 62.3 cm³/mol. The van der Waals surface area contributed by atoms with Gasteiger partial charge in [0, 0.05) is 12.7 Å². The maximum absolute atomic E-state index is 11.3. The third-order valence-corrected chi connectivity index (χ3v) is 1.96. The molecule has 1 aromatic carbocycles. The number of benzene rings is 1. The molecule has 0 aliphatic heterocycles. The second-order valence-corrected chi connectivity index (χ2v) is 3.35. The molecular formula is C11H15N3O2. The standard InChI is InChI=1S/C11H15N3O2/c1-8-4-3-5-9(6-8)14-11(16)13-7-10(15)12-2/h3-6H,7H2,1-2H3,(H,12,15)(H2,13,14,16). The predicted octanol–water partition coefficient (Wildman–Crippen LogP) is 0.863. The molecule has 0 heterocycles. The summed E-state index contributed by atoms with van der Waals surface area (Å²) < 4.78 is 0. The van der Waals surface area contributed by atoms with Gasteiger partial charge in [0.2, 0.25) is 5.91 Å². The highest BCUT2D eigenvalue weighted by atomic mass is 16.2. The number of anilines is 1. The van der Waals surface area contributed by atoms with E-state index >= 15 is 0 Å². The first kappa shape index (κ1) is 12.0. The van der Waals surface area contributed by atoms with Crippen molar-refractivity contribution < 1.29 is 9.59 Å². The molecule has 5 heteroatoms. The van der Waals surface area contributed by atoms with Crippen molar-refractivity contribution in [3.8, 4) is 0 Å². The van der Waals surface area contributed by atoms with Crippen LogP contribution in [-0.4, -0.2) is 25.5 Å². The molecule has 3 amide bonds. The van der Waals surface area contributed by atoms with E-state index in [-0.39, 0.29) is 12.5 Å². The molecule has 0 unspecified atom stereocenters. The summed E-state index contributed by atoms with van der Waals surface area (Å²) in [6.07, 6.45) is 0. The number of nitrogens with one attached hydrogen (secondary N) is 3. The molecule has 0 spiro atoms. The molecule has 0 atom stereocenters. The van der Waals surface area contributed by atoms with Gasteiger partial charge in [-0.05, 0) is 24.6 Å². The second-order valence-electron chi connectivity index (χ2n) is 3.35. The van der Waals surface area contributed by atoms with Crippen molar-refractivity contribution in [1.82, 2.24) is 10.6 Å². The van der Waals surface area contributed by atoms with Crippen molar-refractivity contribution in [1.29, 1.82) is 0 Å². The van der Waals surface area contributed by atoms with E-state index in [2.05, 4.69) is 16.0 Å². The van der Waals surface area contributed by atoms with Gasteiger partial charge in [0.1, 0.15) is 0 Å². The Labute approximate surface area is 94.2 Å². The van der Waals surface area contributed by atoms with Crippen LogP contribution in [0.2, 0.25) is 0 Å². The van der Waals surface area contributed by atoms with Crippen LogP contribution in [0.1, 0.15) is 5.56 Å². The number of carbonyl (C=O) groups excluding carboxylic acids is 2. The minimum absolute atomic E-state index is 0.0336. The van der Waals surface area contributed by atoms with E-state index in [1.807, 2.05) is 25.1 Å². The van der Waals surface area contributed by atoms with E-state index in [9.17, 15) is 9.59 Å². The highest BCUT2D eigenvalue weighted by molar-refractivity contribution is 5.92. The van der Waals surface area contributed by atoms with Gasteiger partial charge >= 0.3 is 6.03 Å². The summed E-state index contributed by atoms with van der Waals surface area (Å²) in [6.45, 7) is 1.90. The first-order chi connectivity index (χ1) is 7.61. The largest absolute Gasteiger partial charge is 0.358 e. The lowest BCUT2D eigenvalue weighted by molar-refractivity contribution is -0.119. The topological polar surface area (TPSA) is 70.2 Å². The number of amides is 3. The molecule has 1 aromatic rings. The van der Waals surface area contributed by atoms with Crippen LogP contribution in [0.25, 0.3) is 0 Å². The van der Waals surface area contributed by atoms with Crippen molar-refractivity contribution in [3.05, 3.63) is 29.8 Å². The summed E-state index contributed by atoms with van der Waals surface area (Å²) in [7, 11) is 1.52. The minimum atomic E-state index is -0.394. The van der Waals surface area contributed by atoms with Crippen LogP contribution in [0, 0.1) is 6.92 Å². The Morgan fingerprint density at radius 2 is 2.06 bits per heavy atom. The van der Waals surface area contributed by atoms with Gasteiger partial charge in [0.25, 0.3) is 0 Å². The monoisotopic (exact) mass is 221 g/mol. The van der Waals surface area contributed by atoms with Gasteiger partial charge in [-0.15, -0.1) is 0 Å². The number of rotatable bonds is 3. The molecule has 1 rings (SSSR count). The zero-order valence-corrected chi connectivity index (χ0v) is 9.33. The van der Waals surface area contributed by atoms with Crippen LogP contribution in [0.5, 0.6) is 0 Å². The Morgan fingerprint density at radius 1 is 1.31 bits per heavy atom. The fraction of sp³-hybridized carbons (Fsp3) is 0.273. The first-order valence-corrected chi connectivity index (χ1v) is 4.94. The van der Waals surface area contributed by atoms with Crippen molar-refractivity contribution in [2.45, 2.75) is 6.92 Å². The van der Waals surface area contributed by atoms with Crippen molar-refractivity contribution in [3.63, 3.8) is 0 Å². The van der Waals surface area contributed by atoms with E-state index in [4.69, 9.17) is 0 Å². The van der Waals surface area contributed by atoms with Crippen LogP contribution in [-0.2, 0) is 4.79 Å². The molecule has 0 saturated carbocycles. The molecule has 0 aliphatic carbocycles. The van der Waals surface area contributed by atoms with Crippen LogP contribution < -0.4 is 16.0 Å². The Morgan fingerprint density at radius 3 is 2.69 bits per heavy atom. The average molecular weight is 221 g/mol. The Bertz CT molecular complexity index is 391. The Balaban J connectivity index is 2.43. The summed E-state index contributed by atoms with van der Waals surface area (Å²) in [4.78, 5) is 22.2. The van der Waals surface area contributed by atoms with Gasteiger partial charge in [-0.3, -0.25) is 4.79 Å². The number of aryl methyl sites for hydroxylation is 1. The maximum Gasteiger partial charge on any atom is 0.319 e. The lowest BCUT2D eigenvalue weighted by atomic mass is 10.2. The van der Waals surface area contributed by atoms with Crippen LogP contribution in [0.3, 0.4) is 0 Å². The fourth-order valence-electron chi connectivity index (χ4n) is 1.15. The number of carbonyl (C=O) groups is 2. The molecule has 0 saturated heterocycles. The number of urea groups is 1. The number of likely N-dealkylation sites (N-methyl/N-ethyl adjacent to an activating group) is 1. The van der Waals surface area contributed by atoms with E-state index in [1.54, 1.807) is 6.07 Å². The summed E-state index contributed by atoms with van der Waals surface area (Å²) in [6, 6.07) is 7.03. The van der Waals surface area contributed by atoms with Gasteiger partial charge < -0.3 is 16.0 Å². The van der Waals surface area contributed by atoms with E-state index in [0.29, 0.717) is 5.69 Å². The Hall–Kier alpha value is -2.04. The maximum atomic E-state index is 11.3. The highest BCUT2D eigenvalue weighted by Gasteiger charge is 2.03. The van der Waals surface area contributed by atoms with Gasteiger partial charge in [0.05, 0.1) is 6.54 Å². The third-order valence-electron chi connectivity index (χ3n) is 1.96. The van der Waals surface area contributed by atoms with E-state index in [0.717, 1.165) is 5.56 Å². The smallest absolute Gasteiger partial charge is 0.319 e. The molecule has 0 aliphatic rings. The van der Waals surface area contributed by atoms with E-state index < -0.39 is 6.03 Å². The minimum Gasteiger partial charge on any atom is -0.358 e. The summed E-state index contributed by atoms with van der Waals surface area (Å²) >= 11 is 0. The van der Waals surface area contributed by atoms with Gasteiger partial charge in [-0.25, -0.2) is 4.79 Å². The molecule has 3 N–H and O–H groups in total. The quantitative estimate of drug-likeness (QED) is 0.708. The average Bonchev–Trinajstić information content (AvgIpc) is 2.26. The molecule has 0 aromatic heterocycles. The normalized spacial score (nSPS) is 9.38. The lowest BCUT2D eigenvalue weighted by Gasteiger charge is -2.07. The van der Waals surface area contributed by atoms with Gasteiger partial charge in [0.15, 0.2) is 0 Å². The summed E-state index contributed by atoms with van der Waals surface area (Å²) in [5.74, 6) is -0.237. The van der Waals surface area contributed by atoms with Crippen molar-refractivity contribution in [2.75, 3.05) is 18.9 Å². The molecule has 0 bridgehead atoms. The van der Waals surface area contributed by atoms with E-state index in [1.165, 1.54) is 7.05 Å². The Kier molecular flexibility index (Phi) is 4.32. The lowest BCUT2D eigenvalue weighted by Crippen LogP contribution is -2.37. The van der Waals surface area contributed by atoms with Gasteiger partial charge in [-0.2, -0.15) is 0 Å². The first-order valence-electron chi connectivity index (χ1n) is 4.94. The number of hydrogen-bond donors (Lipinski definition) is 3. The third kappa shape index (κ3) is 4.00. The summed E-state index contributed by atoms with van der Waals surface area (Å²) in [5.41, 5.74) is 1.76.